The maximum atomic E-state index is 5.47. The fourth-order valence-corrected chi connectivity index (χ4v) is 1.99. The number of hydrogen-bond acceptors (Lipinski definition) is 4. The molecule has 0 fully saturated rings. The van der Waals surface area contributed by atoms with Gasteiger partial charge in [-0.15, -0.1) is 16.4 Å². The SMILES string of the molecule is Clc1nnc(-c2csc(Br)c2)o1. The van der Waals surface area contributed by atoms with Gasteiger partial charge in [-0.1, -0.05) is 5.10 Å². The van der Waals surface area contributed by atoms with Crippen LogP contribution in [0, 0.1) is 0 Å². The summed E-state index contributed by atoms with van der Waals surface area (Å²) < 4.78 is 6.03. The molecule has 2 aromatic rings. The highest BCUT2D eigenvalue weighted by molar-refractivity contribution is 9.11. The van der Waals surface area contributed by atoms with E-state index in [4.69, 9.17) is 16.0 Å². The number of nitrogens with zero attached hydrogens (tertiary/aromatic N) is 2. The van der Waals surface area contributed by atoms with Crippen LogP contribution in [0.4, 0.5) is 0 Å². The first-order valence-corrected chi connectivity index (χ1v) is 5.04. The summed E-state index contributed by atoms with van der Waals surface area (Å²) in [6.07, 6.45) is 0. The summed E-state index contributed by atoms with van der Waals surface area (Å²) in [5, 5.41) is 9.25. The van der Waals surface area contributed by atoms with E-state index in [1.165, 1.54) is 0 Å². The average molecular weight is 266 g/mol. The molecule has 2 rings (SSSR count). The third-order valence-corrected chi connectivity index (χ3v) is 2.87. The molecule has 0 aliphatic heterocycles. The molecular weight excluding hydrogens is 264 g/mol. The van der Waals surface area contributed by atoms with Crippen molar-refractivity contribution in [1.29, 1.82) is 0 Å². The van der Waals surface area contributed by atoms with Gasteiger partial charge in [0.15, 0.2) is 0 Å². The first-order valence-electron chi connectivity index (χ1n) is 2.99. The van der Waals surface area contributed by atoms with Crippen LogP contribution in [-0.2, 0) is 0 Å². The molecule has 3 nitrogen and oxygen atoms in total. The number of hydrogen-bond donors (Lipinski definition) is 0. The van der Waals surface area contributed by atoms with Gasteiger partial charge in [-0.3, -0.25) is 0 Å². The van der Waals surface area contributed by atoms with Gasteiger partial charge >= 0.3 is 5.35 Å². The van der Waals surface area contributed by atoms with Crippen LogP contribution in [0.15, 0.2) is 19.6 Å². The lowest BCUT2D eigenvalue weighted by Crippen LogP contribution is -1.71. The molecule has 0 bridgehead atoms. The fraction of sp³-hybridized carbons (Fsp3) is 0. The van der Waals surface area contributed by atoms with Crippen molar-refractivity contribution in [2.45, 2.75) is 0 Å². The van der Waals surface area contributed by atoms with Crippen LogP contribution in [0.3, 0.4) is 0 Å². The third-order valence-electron chi connectivity index (χ3n) is 1.21. The number of aromatic nitrogens is 2. The highest BCUT2D eigenvalue weighted by Crippen LogP contribution is 2.28. The van der Waals surface area contributed by atoms with E-state index in [0.29, 0.717) is 5.89 Å². The summed E-state index contributed by atoms with van der Waals surface area (Å²) >= 11 is 10.4. The molecule has 2 aromatic heterocycles. The number of thiophene rings is 1. The standard InChI is InChI=1S/C6H2BrClN2OS/c7-4-1-3(2-12-4)5-9-10-6(8)11-5/h1-2H. The summed E-state index contributed by atoms with van der Waals surface area (Å²) in [5.74, 6) is 0.446. The Kier molecular flexibility index (Phi) is 2.16. The third kappa shape index (κ3) is 1.53. The van der Waals surface area contributed by atoms with Gasteiger partial charge in [0.1, 0.15) is 0 Å². The highest BCUT2D eigenvalue weighted by atomic mass is 79.9. The monoisotopic (exact) mass is 264 g/mol. The second-order valence-corrected chi connectivity index (χ2v) is 4.61. The van der Waals surface area contributed by atoms with E-state index in [9.17, 15) is 0 Å². The highest BCUT2D eigenvalue weighted by Gasteiger charge is 2.07. The van der Waals surface area contributed by atoms with Crippen molar-refractivity contribution in [2.24, 2.45) is 0 Å². The molecule has 12 heavy (non-hydrogen) atoms. The molecule has 62 valence electrons. The first kappa shape index (κ1) is 8.22. The summed E-state index contributed by atoms with van der Waals surface area (Å²) in [4.78, 5) is 0. The lowest BCUT2D eigenvalue weighted by molar-refractivity contribution is 0.571. The Morgan fingerprint density at radius 2 is 2.33 bits per heavy atom. The van der Waals surface area contributed by atoms with Crippen molar-refractivity contribution < 1.29 is 4.42 Å². The van der Waals surface area contributed by atoms with Crippen LogP contribution < -0.4 is 0 Å². The van der Waals surface area contributed by atoms with Crippen LogP contribution in [-0.4, -0.2) is 10.2 Å². The summed E-state index contributed by atoms with van der Waals surface area (Å²) in [7, 11) is 0. The van der Waals surface area contributed by atoms with Gasteiger partial charge in [0.2, 0.25) is 5.89 Å². The predicted octanol–water partition coefficient (Wildman–Crippen LogP) is 3.21. The second-order valence-electron chi connectivity index (χ2n) is 2.00. The lowest BCUT2D eigenvalue weighted by atomic mass is 10.3. The van der Waals surface area contributed by atoms with Gasteiger partial charge in [-0.05, 0) is 33.6 Å². The Bertz CT molecular complexity index is 361. The molecule has 0 amide bonds. The predicted molar refractivity (Wildman–Crippen MR) is 50.3 cm³/mol. The maximum Gasteiger partial charge on any atom is 0.313 e. The lowest BCUT2D eigenvalue weighted by Gasteiger charge is -1.82. The van der Waals surface area contributed by atoms with E-state index in [1.54, 1.807) is 11.3 Å². The minimum absolute atomic E-state index is 0.0623. The molecule has 0 N–H and O–H groups in total. The van der Waals surface area contributed by atoms with E-state index in [0.717, 1.165) is 9.35 Å². The molecule has 6 heteroatoms. The van der Waals surface area contributed by atoms with Gasteiger partial charge in [0.25, 0.3) is 0 Å². The van der Waals surface area contributed by atoms with Gasteiger partial charge in [0, 0.05) is 5.38 Å². The molecule has 0 spiro atoms. The molecule has 0 aliphatic carbocycles. The van der Waals surface area contributed by atoms with Crippen molar-refractivity contribution in [3.05, 3.63) is 20.6 Å². The van der Waals surface area contributed by atoms with Crippen LogP contribution in [0.5, 0.6) is 0 Å². The molecule has 0 aliphatic rings. The van der Waals surface area contributed by atoms with E-state index >= 15 is 0 Å². The molecule has 0 saturated heterocycles. The normalized spacial score (nSPS) is 10.5. The van der Waals surface area contributed by atoms with Crippen molar-refractivity contribution in [3.8, 4) is 11.5 Å². The summed E-state index contributed by atoms with van der Waals surface area (Å²) in [6.45, 7) is 0. The molecule has 2 heterocycles. The Hall–Kier alpha value is -0.390. The van der Waals surface area contributed by atoms with Gasteiger partial charge in [-0.25, -0.2) is 0 Å². The zero-order valence-electron chi connectivity index (χ0n) is 5.62. The Balaban J connectivity index is 2.43. The van der Waals surface area contributed by atoms with Gasteiger partial charge in [0.05, 0.1) is 9.35 Å². The Morgan fingerprint density at radius 3 is 2.83 bits per heavy atom. The second kappa shape index (κ2) is 3.16. The largest absolute Gasteiger partial charge is 0.407 e. The number of rotatable bonds is 1. The minimum atomic E-state index is 0.0623. The molecule has 0 aromatic carbocycles. The zero-order chi connectivity index (χ0) is 8.55. The summed E-state index contributed by atoms with van der Waals surface area (Å²) in [6, 6.07) is 1.90. The van der Waals surface area contributed by atoms with Crippen molar-refractivity contribution >= 4 is 38.9 Å². The molecule has 0 atom stereocenters. The Labute approximate surface area is 85.5 Å². The maximum absolute atomic E-state index is 5.47. The molecule has 0 unspecified atom stereocenters. The quantitative estimate of drug-likeness (QED) is 0.795. The average Bonchev–Trinajstić information content (AvgIpc) is 2.58. The van der Waals surface area contributed by atoms with Gasteiger partial charge < -0.3 is 4.42 Å². The topological polar surface area (TPSA) is 38.9 Å². The smallest absolute Gasteiger partial charge is 0.313 e. The first-order chi connectivity index (χ1) is 5.75. The van der Waals surface area contributed by atoms with E-state index < -0.39 is 0 Å². The van der Waals surface area contributed by atoms with Crippen LogP contribution in [0.25, 0.3) is 11.5 Å². The van der Waals surface area contributed by atoms with Crippen LogP contribution in [0.2, 0.25) is 5.35 Å². The number of halogens is 2. The van der Waals surface area contributed by atoms with E-state index in [1.807, 2.05) is 11.4 Å². The van der Waals surface area contributed by atoms with Crippen molar-refractivity contribution in [3.63, 3.8) is 0 Å². The summed E-state index contributed by atoms with van der Waals surface area (Å²) in [5.41, 5.74) is 0.881. The van der Waals surface area contributed by atoms with E-state index in [2.05, 4.69) is 26.1 Å². The molecule has 0 radical (unpaired) electrons. The van der Waals surface area contributed by atoms with Crippen LogP contribution in [0.1, 0.15) is 0 Å². The Morgan fingerprint density at radius 1 is 1.50 bits per heavy atom. The zero-order valence-corrected chi connectivity index (χ0v) is 8.78. The van der Waals surface area contributed by atoms with Crippen molar-refractivity contribution in [1.82, 2.24) is 10.2 Å². The van der Waals surface area contributed by atoms with Crippen LogP contribution >= 0.6 is 38.9 Å². The molecular formula is C6H2BrClN2OS. The van der Waals surface area contributed by atoms with Crippen molar-refractivity contribution in [2.75, 3.05) is 0 Å². The fourth-order valence-electron chi connectivity index (χ4n) is 0.744. The van der Waals surface area contributed by atoms with Gasteiger partial charge in [-0.2, -0.15) is 0 Å². The minimum Gasteiger partial charge on any atom is -0.407 e. The molecule has 0 saturated carbocycles. The van der Waals surface area contributed by atoms with E-state index in [-0.39, 0.29) is 5.35 Å².